The van der Waals surface area contributed by atoms with Crippen LogP contribution in [-0.2, 0) is 25.9 Å². The number of ether oxygens (including phenoxy) is 2. The number of rotatable bonds is 6. The van der Waals surface area contributed by atoms with E-state index < -0.39 is 69.4 Å². The molecule has 0 saturated carbocycles. The monoisotopic (exact) mass is 588 g/mol. The number of piperidine rings is 1. The number of amides is 1. The van der Waals surface area contributed by atoms with Crippen molar-refractivity contribution in [3.05, 3.63) is 59.9 Å². The summed E-state index contributed by atoms with van der Waals surface area (Å²) in [6, 6.07) is 4.11. The van der Waals surface area contributed by atoms with Gasteiger partial charge in [0.2, 0.25) is 0 Å². The SMILES string of the molecule is COc1cc(-c2cc(C(F)(F)F)ccc2F)c(F)cc1N1C(=O)CO[C@H]2CN(S(=O)(=O)Nc3ccon3)CC[C@@H]21. The third-order valence-electron chi connectivity index (χ3n) is 6.63. The largest absolute Gasteiger partial charge is 0.495 e. The van der Waals surface area contributed by atoms with Crippen molar-refractivity contribution in [3.8, 4) is 16.9 Å². The van der Waals surface area contributed by atoms with Gasteiger partial charge in [0.15, 0.2) is 5.82 Å². The number of alkyl halides is 3. The number of benzene rings is 2. The number of carbonyl (C=O) groups excluding carboxylic acids is 1. The number of aromatic nitrogens is 1. The van der Waals surface area contributed by atoms with E-state index in [1.165, 1.54) is 24.3 Å². The van der Waals surface area contributed by atoms with Gasteiger partial charge in [0.05, 0.1) is 30.5 Å². The minimum absolute atomic E-state index is 0.0269. The number of halogens is 5. The fourth-order valence-corrected chi connectivity index (χ4v) is 5.96. The summed E-state index contributed by atoms with van der Waals surface area (Å²) in [6.07, 6.45) is -4.32. The summed E-state index contributed by atoms with van der Waals surface area (Å²) < 4.78 is 114. The fraction of sp³-hybridized carbons (Fsp3) is 0.333. The first-order valence-corrected chi connectivity index (χ1v) is 13.2. The molecular formula is C24H21F5N4O6S. The molecule has 214 valence electrons. The molecule has 0 bridgehead atoms. The number of anilines is 2. The number of nitrogens with one attached hydrogen (secondary N) is 1. The topological polar surface area (TPSA) is 114 Å². The Labute approximate surface area is 224 Å². The second-order valence-corrected chi connectivity index (χ2v) is 10.7. The van der Waals surface area contributed by atoms with Crippen LogP contribution in [0.3, 0.4) is 0 Å². The second kappa shape index (κ2) is 10.3. The minimum atomic E-state index is -4.79. The predicted molar refractivity (Wildman–Crippen MR) is 130 cm³/mol. The molecule has 1 N–H and O–H groups in total. The van der Waals surface area contributed by atoms with Crippen LogP contribution in [-0.4, -0.2) is 62.7 Å². The van der Waals surface area contributed by atoms with E-state index in [1.54, 1.807) is 0 Å². The van der Waals surface area contributed by atoms with E-state index in [-0.39, 0.29) is 36.8 Å². The van der Waals surface area contributed by atoms with Gasteiger partial charge in [0.1, 0.15) is 30.3 Å². The molecule has 3 heterocycles. The third-order valence-corrected chi connectivity index (χ3v) is 8.11. The minimum Gasteiger partial charge on any atom is -0.495 e. The molecule has 2 aromatic carbocycles. The predicted octanol–water partition coefficient (Wildman–Crippen LogP) is 3.81. The van der Waals surface area contributed by atoms with Gasteiger partial charge in [-0.25, -0.2) is 8.78 Å². The van der Waals surface area contributed by atoms with Gasteiger partial charge < -0.3 is 18.9 Å². The van der Waals surface area contributed by atoms with E-state index in [4.69, 9.17) is 9.47 Å². The molecule has 2 aliphatic heterocycles. The molecule has 0 unspecified atom stereocenters. The molecule has 3 aromatic rings. The Bertz CT molecular complexity index is 1530. The molecule has 2 saturated heterocycles. The first kappa shape index (κ1) is 27.8. The van der Waals surface area contributed by atoms with Gasteiger partial charge in [-0.2, -0.15) is 25.9 Å². The van der Waals surface area contributed by atoms with Crippen molar-refractivity contribution in [1.29, 1.82) is 0 Å². The van der Waals surface area contributed by atoms with Gasteiger partial charge in [0, 0.05) is 36.3 Å². The van der Waals surface area contributed by atoms with Crippen molar-refractivity contribution >= 4 is 27.6 Å². The van der Waals surface area contributed by atoms with Gasteiger partial charge in [-0.15, -0.1) is 0 Å². The third kappa shape index (κ3) is 5.21. The first-order chi connectivity index (χ1) is 18.9. The Morgan fingerprint density at radius 2 is 1.85 bits per heavy atom. The van der Waals surface area contributed by atoms with Gasteiger partial charge in [-0.1, -0.05) is 5.16 Å². The average Bonchev–Trinajstić information content (AvgIpc) is 3.40. The van der Waals surface area contributed by atoms with Crippen LogP contribution in [0.25, 0.3) is 11.1 Å². The molecule has 0 radical (unpaired) electrons. The van der Waals surface area contributed by atoms with Crippen molar-refractivity contribution in [3.63, 3.8) is 0 Å². The highest BCUT2D eigenvalue weighted by atomic mass is 32.2. The number of carbonyl (C=O) groups is 1. The highest BCUT2D eigenvalue weighted by Gasteiger charge is 2.45. The lowest BCUT2D eigenvalue weighted by Gasteiger charge is -2.46. The number of fused-ring (bicyclic) bond motifs is 1. The van der Waals surface area contributed by atoms with E-state index in [0.29, 0.717) is 18.2 Å². The molecular weight excluding hydrogens is 567 g/mol. The first-order valence-electron chi connectivity index (χ1n) is 11.8. The zero-order valence-electron chi connectivity index (χ0n) is 20.6. The molecule has 2 atom stereocenters. The van der Waals surface area contributed by atoms with Gasteiger partial charge >= 0.3 is 16.4 Å². The van der Waals surface area contributed by atoms with Crippen LogP contribution in [0.5, 0.6) is 5.75 Å². The fourth-order valence-electron chi connectivity index (χ4n) is 4.77. The van der Waals surface area contributed by atoms with Crippen LogP contribution in [0.15, 0.2) is 47.2 Å². The molecule has 2 aliphatic rings. The van der Waals surface area contributed by atoms with Gasteiger partial charge in [0.25, 0.3) is 5.91 Å². The highest BCUT2D eigenvalue weighted by molar-refractivity contribution is 7.90. The second-order valence-electron chi connectivity index (χ2n) is 9.02. The molecule has 1 aromatic heterocycles. The number of nitrogens with zero attached hydrogens (tertiary/aromatic N) is 3. The van der Waals surface area contributed by atoms with Gasteiger partial charge in [-0.05, 0) is 30.7 Å². The lowest BCUT2D eigenvalue weighted by atomic mass is 9.97. The molecule has 0 aliphatic carbocycles. The lowest BCUT2D eigenvalue weighted by molar-refractivity contribution is -0.137. The summed E-state index contributed by atoms with van der Waals surface area (Å²) in [5.74, 6) is -2.89. The molecule has 40 heavy (non-hydrogen) atoms. The Morgan fingerprint density at radius 1 is 1.10 bits per heavy atom. The van der Waals surface area contributed by atoms with Crippen molar-refractivity contribution in [2.75, 3.05) is 36.4 Å². The summed E-state index contributed by atoms with van der Waals surface area (Å²) in [7, 11) is -2.84. The average molecular weight is 589 g/mol. The number of hydrogen-bond donors (Lipinski definition) is 1. The quantitative estimate of drug-likeness (QED) is 0.436. The number of hydrogen-bond acceptors (Lipinski definition) is 7. The number of morpholine rings is 1. The van der Waals surface area contributed by atoms with E-state index in [9.17, 15) is 30.8 Å². The van der Waals surface area contributed by atoms with Crippen LogP contribution < -0.4 is 14.4 Å². The molecule has 10 nitrogen and oxygen atoms in total. The molecule has 0 spiro atoms. The van der Waals surface area contributed by atoms with Gasteiger partial charge in [-0.3, -0.25) is 9.52 Å². The smallest absolute Gasteiger partial charge is 0.416 e. The van der Waals surface area contributed by atoms with Crippen molar-refractivity contribution in [1.82, 2.24) is 9.46 Å². The Kier molecular flexibility index (Phi) is 7.18. The van der Waals surface area contributed by atoms with E-state index in [2.05, 4.69) is 14.4 Å². The summed E-state index contributed by atoms with van der Waals surface area (Å²) in [6.45, 7) is -0.652. The highest BCUT2D eigenvalue weighted by Crippen LogP contribution is 2.41. The molecule has 1 amide bonds. The summed E-state index contributed by atoms with van der Waals surface area (Å²) >= 11 is 0. The Morgan fingerprint density at radius 3 is 2.52 bits per heavy atom. The maximum absolute atomic E-state index is 15.4. The summed E-state index contributed by atoms with van der Waals surface area (Å²) in [5, 5.41) is 3.51. The van der Waals surface area contributed by atoms with E-state index >= 15 is 4.39 Å². The van der Waals surface area contributed by atoms with Crippen LogP contribution in [0, 0.1) is 11.6 Å². The maximum atomic E-state index is 15.4. The lowest BCUT2D eigenvalue weighted by Crippen LogP contribution is -2.62. The standard InChI is InChI=1S/C24H21F5N4O6S/c1-37-20-9-15(14-8-13(24(27,28)29)2-3-16(14)25)17(26)10-19(20)33-18-4-6-32(11-21(18)38-12-23(33)34)40(35,36)31-22-5-7-39-30-22/h2-3,5,7-10,18,21H,4,6,11-12H2,1H3,(H,30,31)/t18-,21-/m0/s1. The summed E-state index contributed by atoms with van der Waals surface area (Å²) in [5.41, 5.74) is -2.36. The van der Waals surface area contributed by atoms with Crippen molar-refractivity contribution in [2.45, 2.75) is 24.7 Å². The number of methoxy groups -OCH3 is 1. The van der Waals surface area contributed by atoms with E-state index in [1.807, 2.05) is 0 Å². The Balaban J connectivity index is 1.46. The normalized spacial score (nSPS) is 20.4. The van der Waals surface area contributed by atoms with E-state index in [0.717, 1.165) is 16.4 Å². The zero-order chi connectivity index (χ0) is 28.8. The molecule has 2 fully saturated rings. The van der Waals surface area contributed by atoms with Crippen LogP contribution in [0.2, 0.25) is 0 Å². The maximum Gasteiger partial charge on any atom is 0.416 e. The van der Waals surface area contributed by atoms with Crippen LogP contribution in [0.4, 0.5) is 33.5 Å². The summed E-state index contributed by atoms with van der Waals surface area (Å²) in [4.78, 5) is 14.2. The molecule has 16 heteroatoms. The van der Waals surface area contributed by atoms with Crippen molar-refractivity contribution in [2.24, 2.45) is 0 Å². The Hall–Kier alpha value is -3.76. The molecule has 5 rings (SSSR count). The van der Waals surface area contributed by atoms with Crippen molar-refractivity contribution < 1.29 is 49.2 Å². The van der Waals surface area contributed by atoms with Crippen LogP contribution >= 0.6 is 0 Å². The van der Waals surface area contributed by atoms with Crippen LogP contribution in [0.1, 0.15) is 12.0 Å². The zero-order valence-corrected chi connectivity index (χ0v) is 21.4.